The Morgan fingerprint density at radius 1 is 1.15 bits per heavy atom. The van der Waals surface area contributed by atoms with Gasteiger partial charge < -0.3 is 19.7 Å². The molecule has 0 aliphatic rings. The second-order valence-corrected chi connectivity index (χ2v) is 7.68. The molecule has 6 nitrogen and oxygen atoms in total. The molecule has 2 aromatic heterocycles. The van der Waals surface area contributed by atoms with Crippen LogP contribution in [0.25, 0.3) is 10.9 Å². The van der Waals surface area contributed by atoms with Crippen molar-refractivity contribution < 1.29 is 27.8 Å². The highest BCUT2D eigenvalue weighted by Gasteiger charge is 2.28. The summed E-state index contributed by atoms with van der Waals surface area (Å²) in [5.74, 6) is -0.833. The van der Waals surface area contributed by atoms with Crippen LogP contribution in [0.15, 0.2) is 67.0 Å². The van der Waals surface area contributed by atoms with E-state index in [0.29, 0.717) is 12.2 Å². The first-order valence-corrected chi connectivity index (χ1v) is 10.1. The van der Waals surface area contributed by atoms with Crippen LogP contribution < -0.4 is 10.1 Å². The van der Waals surface area contributed by atoms with E-state index in [1.807, 2.05) is 35.0 Å². The minimum absolute atomic E-state index is 0.0483. The fourth-order valence-corrected chi connectivity index (χ4v) is 3.51. The summed E-state index contributed by atoms with van der Waals surface area (Å²) in [6.45, 7) is -0.911. The van der Waals surface area contributed by atoms with Gasteiger partial charge in [-0.25, -0.2) is 9.78 Å². The quantitative estimate of drug-likeness (QED) is 0.337. The van der Waals surface area contributed by atoms with Crippen molar-refractivity contribution in [2.24, 2.45) is 0 Å². The Hall–Kier alpha value is -3.72. The van der Waals surface area contributed by atoms with Crippen LogP contribution in [-0.4, -0.2) is 33.4 Å². The number of ether oxygens (including phenoxy) is 1. The molecular formula is C23H17ClF3N3O3. The first kappa shape index (κ1) is 22.5. The Morgan fingerprint density at radius 2 is 1.97 bits per heavy atom. The zero-order valence-electron chi connectivity index (χ0n) is 16.9. The second kappa shape index (κ2) is 9.03. The highest BCUT2D eigenvalue weighted by molar-refractivity contribution is 6.30. The largest absolute Gasteiger partial charge is 0.484 e. The average molecular weight is 476 g/mol. The molecule has 0 amide bonds. The summed E-state index contributed by atoms with van der Waals surface area (Å²) < 4.78 is 44.0. The minimum atomic E-state index is -4.40. The molecule has 0 bridgehead atoms. The normalized spacial score (nSPS) is 11.5. The molecule has 0 unspecified atom stereocenters. The van der Waals surface area contributed by atoms with Crippen LogP contribution in [0.5, 0.6) is 5.75 Å². The third kappa shape index (κ3) is 5.56. The molecule has 10 heteroatoms. The lowest BCUT2D eigenvalue weighted by Gasteiger charge is -2.12. The van der Waals surface area contributed by atoms with Crippen molar-refractivity contribution in [3.63, 3.8) is 0 Å². The summed E-state index contributed by atoms with van der Waals surface area (Å²) in [6, 6.07) is 15.2. The zero-order valence-corrected chi connectivity index (χ0v) is 17.7. The first-order chi connectivity index (χ1) is 15.7. The molecule has 2 aromatic carbocycles. The van der Waals surface area contributed by atoms with Gasteiger partial charge in [0, 0.05) is 35.5 Å². The fraction of sp³-hybridized carbons (Fsp3) is 0.130. The number of anilines is 2. The lowest BCUT2D eigenvalue weighted by Crippen LogP contribution is -2.19. The molecule has 33 heavy (non-hydrogen) atoms. The molecule has 0 saturated heterocycles. The molecule has 0 aliphatic heterocycles. The van der Waals surface area contributed by atoms with Crippen molar-refractivity contribution in [2.75, 3.05) is 11.9 Å². The number of hydrogen-bond acceptors (Lipinski definition) is 4. The van der Waals surface area contributed by atoms with Crippen LogP contribution in [0.4, 0.5) is 24.7 Å². The van der Waals surface area contributed by atoms with Crippen molar-refractivity contribution in [1.29, 1.82) is 0 Å². The van der Waals surface area contributed by atoms with Gasteiger partial charge >= 0.3 is 12.1 Å². The van der Waals surface area contributed by atoms with Crippen molar-refractivity contribution in [3.05, 3.63) is 83.1 Å². The highest BCUT2D eigenvalue weighted by atomic mass is 35.5. The van der Waals surface area contributed by atoms with Gasteiger partial charge in [0.15, 0.2) is 6.61 Å². The third-order valence-corrected chi connectivity index (χ3v) is 4.98. The standard InChI is InChI=1S/C23H17ClF3N3O3/c24-16-10-19(22(31)32)21(28-11-16)29-17-4-5-20-15(9-17)6-7-30(20)12-14-2-1-3-18(8-14)33-13-23(25,26)27/h1-11H,12-13H2,(H,28,29)(H,31,32). The van der Waals surface area contributed by atoms with Crippen molar-refractivity contribution in [2.45, 2.75) is 12.7 Å². The van der Waals surface area contributed by atoms with Crippen LogP contribution >= 0.6 is 11.6 Å². The van der Waals surface area contributed by atoms with Crippen LogP contribution in [0.2, 0.25) is 5.02 Å². The smallest absolute Gasteiger partial charge is 0.422 e. The van der Waals surface area contributed by atoms with E-state index in [4.69, 9.17) is 16.3 Å². The number of benzene rings is 2. The molecule has 2 heterocycles. The van der Waals surface area contributed by atoms with Gasteiger partial charge in [-0.1, -0.05) is 23.7 Å². The van der Waals surface area contributed by atoms with E-state index < -0.39 is 18.8 Å². The third-order valence-electron chi connectivity index (χ3n) is 4.77. The summed E-state index contributed by atoms with van der Waals surface area (Å²) in [7, 11) is 0. The summed E-state index contributed by atoms with van der Waals surface area (Å²) in [5.41, 5.74) is 2.27. The van der Waals surface area contributed by atoms with E-state index in [0.717, 1.165) is 16.5 Å². The zero-order chi connectivity index (χ0) is 23.6. The molecule has 170 valence electrons. The fourth-order valence-electron chi connectivity index (χ4n) is 3.35. The molecule has 0 aliphatic carbocycles. The molecule has 0 fully saturated rings. The van der Waals surface area contributed by atoms with Crippen LogP contribution in [0.3, 0.4) is 0 Å². The number of carboxylic acids is 1. The minimum Gasteiger partial charge on any atom is -0.484 e. The number of carboxylic acid groups (broad SMARTS) is 1. The van der Waals surface area contributed by atoms with E-state index in [9.17, 15) is 23.1 Å². The van der Waals surface area contributed by atoms with Gasteiger partial charge in [0.05, 0.1) is 5.02 Å². The van der Waals surface area contributed by atoms with Gasteiger partial charge in [-0.2, -0.15) is 13.2 Å². The number of nitrogens with one attached hydrogen (secondary N) is 1. The lowest BCUT2D eigenvalue weighted by atomic mass is 10.2. The van der Waals surface area contributed by atoms with Gasteiger partial charge in [0.25, 0.3) is 0 Å². The van der Waals surface area contributed by atoms with Crippen molar-refractivity contribution >= 4 is 40.0 Å². The second-order valence-electron chi connectivity index (χ2n) is 7.25. The predicted octanol–water partition coefficient (Wildman–Crippen LogP) is 6.12. The monoisotopic (exact) mass is 475 g/mol. The van der Waals surface area contributed by atoms with Gasteiger partial charge in [-0.05, 0) is 48.0 Å². The lowest BCUT2D eigenvalue weighted by molar-refractivity contribution is -0.153. The number of pyridine rings is 1. The number of fused-ring (bicyclic) bond motifs is 1. The van der Waals surface area contributed by atoms with Gasteiger partial charge in [-0.15, -0.1) is 0 Å². The summed E-state index contributed by atoms with van der Waals surface area (Å²) in [6.07, 6.45) is -1.18. The number of hydrogen-bond donors (Lipinski definition) is 2. The van der Waals surface area contributed by atoms with Crippen molar-refractivity contribution in [3.8, 4) is 5.75 Å². The van der Waals surface area contributed by atoms with Crippen LogP contribution in [-0.2, 0) is 6.54 Å². The van der Waals surface area contributed by atoms with E-state index in [-0.39, 0.29) is 22.2 Å². The Labute approximate surface area is 191 Å². The van der Waals surface area contributed by atoms with Gasteiger partial charge in [0.2, 0.25) is 0 Å². The Kier molecular flexibility index (Phi) is 6.15. The number of aromatic carboxylic acids is 1. The molecular weight excluding hydrogens is 459 g/mol. The van der Waals surface area contributed by atoms with E-state index >= 15 is 0 Å². The van der Waals surface area contributed by atoms with E-state index in [1.165, 1.54) is 18.3 Å². The Bertz CT molecular complexity index is 1320. The summed E-state index contributed by atoms with van der Waals surface area (Å²) >= 11 is 5.84. The highest BCUT2D eigenvalue weighted by Crippen LogP contribution is 2.27. The van der Waals surface area contributed by atoms with Crippen molar-refractivity contribution in [1.82, 2.24) is 9.55 Å². The Morgan fingerprint density at radius 3 is 2.73 bits per heavy atom. The predicted molar refractivity (Wildman–Crippen MR) is 119 cm³/mol. The molecule has 4 rings (SSSR count). The number of aromatic nitrogens is 2. The molecule has 0 atom stereocenters. The van der Waals surface area contributed by atoms with Gasteiger partial charge in [-0.3, -0.25) is 0 Å². The summed E-state index contributed by atoms with van der Waals surface area (Å²) in [5, 5.41) is 13.5. The SMILES string of the molecule is O=C(O)c1cc(Cl)cnc1Nc1ccc2c(ccn2Cc2cccc(OCC(F)(F)F)c2)c1. The van der Waals surface area contributed by atoms with E-state index in [1.54, 1.807) is 18.2 Å². The molecule has 4 aromatic rings. The number of alkyl halides is 3. The molecule has 0 spiro atoms. The Balaban J connectivity index is 1.53. The number of halogens is 4. The van der Waals surface area contributed by atoms with Crippen LogP contribution in [0, 0.1) is 0 Å². The average Bonchev–Trinajstić information content (AvgIpc) is 3.15. The number of rotatable bonds is 7. The maximum Gasteiger partial charge on any atom is 0.422 e. The molecule has 0 saturated carbocycles. The first-order valence-electron chi connectivity index (χ1n) is 9.71. The maximum atomic E-state index is 12.4. The summed E-state index contributed by atoms with van der Waals surface area (Å²) in [4.78, 5) is 15.5. The maximum absolute atomic E-state index is 12.4. The number of carbonyl (C=O) groups is 1. The van der Waals surface area contributed by atoms with Gasteiger partial charge in [0.1, 0.15) is 17.1 Å². The van der Waals surface area contributed by atoms with Crippen LogP contribution in [0.1, 0.15) is 15.9 Å². The topological polar surface area (TPSA) is 76.4 Å². The van der Waals surface area contributed by atoms with E-state index in [2.05, 4.69) is 10.3 Å². The number of nitrogens with zero attached hydrogens (tertiary/aromatic N) is 2. The molecule has 2 N–H and O–H groups in total. The molecule has 0 radical (unpaired) electrons.